The second-order valence-corrected chi connectivity index (χ2v) is 10.4. The van der Waals surface area contributed by atoms with Gasteiger partial charge in [0.15, 0.2) is 5.78 Å². The first-order chi connectivity index (χ1) is 19.3. The Balaban J connectivity index is 1.29. The first-order valence-corrected chi connectivity index (χ1v) is 13.6. The third kappa shape index (κ3) is 6.04. The number of hydrogen-bond acceptors (Lipinski definition) is 5. The van der Waals surface area contributed by atoms with Crippen LogP contribution in [0, 0.1) is 5.82 Å². The number of Topliss-reactive ketones (excluding diaryl/α,β-unsaturated/α-hetero) is 1. The summed E-state index contributed by atoms with van der Waals surface area (Å²) < 4.78 is 22.0. The van der Waals surface area contributed by atoms with Crippen LogP contribution in [-0.4, -0.2) is 45.1 Å². The van der Waals surface area contributed by atoms with Gasteiger partial charge >= 0.3 is 0 Å². The molecule has 2 N–H and O–H groups in total. The Morgan fingerprint density at radius 1 is 1.15 bits per heavy atom. The van der Waals surface area contributed by atoms with Gasteiger partial charge < -0.3 is 19.7 Å². The Morgan fingerprint density at radius 2 is 1.95 bits per heavy atom. The molecule has 5 rings (SSSR count). The van der Waals surface area contributed by atoms with E-state index in [0.29, 0.717) is 36.4 Å². The van der Waals surface area contributed by atoms with Crippen molar-refractivity contribution >= 4 is 34.2 Å². The first-order valence-electron chi connectivity index (χ1n) is 13.3. The van der Waals surface area contributed by atoms with Crippen molar-refractivity contribution < 1.29 is 23.8 Å². The molecule has 0 bridgehead atoms. The molecule has 2 heterocycles. The van der Waals surface area contributed by atoms with Crippen molar-refractivity contribution in [3.05, 3.63) is 100 Å². The molecule has 9 heteroatoms. The molecule has 0 spiro atoms. The summed E-state index contributed by atoms with van der Waals surface area (Å²) in [4.78, 5) is 27.2. The third-order valence-electron chi connectivity index (χ3n) is 7.30. The standard InChI is InChI=1S/C31H31ClFN3O4/c1-20(37)25-17-35(27-13-12-23(15-24(25)27)40-19-21-7-3-2-4-8-21)18-29(38)36-14-6-11-28(36)31(39)34-16-22-9-5-10-26(32)30(22)33/h2-5,7-10,12-13,15,17,28-29,38H,6,11,14,16,18-19H2,1H3,(H,34,39). The second kappa shape index (κ2) is 12.2. The molecule has 1 amide bonds. The van der Waals surface area contributed by atoms with Crippen LogP contribution >= 0.6 is 11.6 Å². The van der Waals surface area contributed by atoms with E-state index in [4.69, 9.17) is 16.3 Å². The number of carbonyl (C=O) groups is 2. The molecule has 208 valence electrons. The molecular formula is C31H31ClFN3O4. The van der Waals surface area contributed by atoms with Crippen LogP contribution in [0.5, 0.6) is 5.75 Å². The smallest absolute Gasteiger partial charge is 0.237 e. The molecule has 7 nitrogen and oxygen atoms in total. The van der Waals surface area contributed by atoms with Crippen LogP contribution in [-0.2, 0) is 24.5 Å². The molecule has 4 aromatic rings. The zero-order valence-electron chi connectivity index (χ0n) is 22.1. The van der Waals surface area contributed by atoms with E-state index in [1.165, 1.54) is 13.0 Å². The van der Waals surface area contributed by atoms with Gasteiger partial charge in [0, 0.05) is 41.3 Å². The molecule has 0 radical (unpaired) electrons. The molecule has 1 aromatic heterocycles. The zero-order chi connectivity index (χ0) is 28.2. The topological polar surface area (TPSA) is 83.8 Å². The van der Waals surface area contributed by atoms with Crippen molar-refractivity contribution in [1.29, 1.82) is 0 Å². The van der Waals surface area contributed by atoms with Gasteiger partial charge in [0.25, 0.3) is 0 Å². The number of rotatable bonds is 10. The number of likely N-dealkylation sites (tertiary alicyclic amines) is 1. The van der Waals surface area contributed by atoms with Crippen LogP contribution in [0.1, 0.15) is 41.3 Å². The van der Waals surface area contributed by atoms with Crippen molar-refractivity contribution in [2.24, 2.45) is 0 Å². The largest absolute Gasteiger partial charge is 0.489 e. The summed E-state index contributed by atoms with van der Waals surface area (Å²) in [6.45, 7) is 2.63. The van der Waals surface area contributed by atoms with Crippen LogP contribution in [0.15, 0.2) is 72.9 Å². The second-order valence-electron chi connectivity index (χ2n) is 10.0. The molecular weight excluding hydrogens is 533 g/mol. The minimum absolute atomic E-state index is 0.00317. The maximum atomic E-state index is 14.2. The lowest BCUT2D eigenvalue weighted by Gasteiger charge is -2.29. The number of aliphatic hydroxyl groups is 1. The van der Waals surface area contributed by atoms with E-state index in [1.54, 1.807) is 23.2 Å². The van der Waals surface area contributed by atoms with Gasteiger partial charge in [-0.25, -0.2) is 4.39 Å². The fourth-order valence-corrected chi connectivity index (χ4v) is 5.43. The lowest BCUT2D eigenvalue weighted by atomic mass is 10.1. The Bertz CT molecular complexity index is 1520. The summed E-state index contributed by atoms with van der Waals surface area (Å²) in [5.41, 5.74) is 2.66. The lowest BCUT2D eigenvalue weighted by molar-refractivity contribution is -0.130. The molecule has 1 saturated heterocycles. The Labute approximate surface area is 237 Å². The fourth-order valence-electron chi connectivity index (χ4n) is 5.23. The number of nitrogens with one attached hydrogen (secondary N) is 1. The van der Waals surface area contributed by atoms with Gasteiger partial charge in [0.2, 0.25) is 5.91 Å². The Kier molecular flexibility index (Phi) is 8.49. The number of nitrogens with zero attached hydrogens (tertiary/aromatic N) is 2. The highest BCUT2D eigenvalue weighted by Crippen LogP contribution is 2.29. The van der Waals surface area contributed by atoms with E-state index < -0.39 is 18.1 Å². The molecule has 0 aliphatic carbocycles. The summed E-state index contributed by atoms with van der Waals surface area (Å²) in [5, 5.41) is 14.7. The predicted molar refractivity (Wildman–Crippen MR) is 152 cm³/mol. The number of aliphatic hydroxyl groups excluding tert-OH is 1. The highest BCUT2D eigenvalue weighted by molar-refractivity contribution is 6.30. The number of ether oxygens (including phenoxy) is 1. The summed E-state index contributed by atoms with van der Waals surface area (Å²) in [5.74, 6) is -0.283. The lowest BCUT2D eigenvalue weighted by Crippen LogP contribution is -2.48. The molecule has 0 saturated carbocycles. The average molecular weight is 564 g/mol. The van der Waals surface area contributed by atoms with Crippen molar-refractivity contribution in [1.82, 2.24) is 14.8 Å². The predicted octanol–water partition coefficient (Wildman–Crippen LogP) is 5.31. The van der Waals surface area contributed by atoms with E-state index in [9.17, 15) is 19.1 Å². The molecule has 2 atom stereocenters. The third-order valence-corrected chi connectivity index (χ3v) is 7.60. The molecule has 1 aliphatic rings. The van der Waals surface area contributed by atoms with Gasteiger partial charge in [-0.15, -0.1) is 0 Å². The summed E-state index contributed by atoms with van der Waals surface area (Å²) >= 11 is 5.85. The number of fused-ring (bicyclic) bond motifs is 1. The number of ketones is 1. The number of halogens is 2. The molecule has 2 unspecified atom stereocenters. The number of carbonyl (C=O) groups excluding carboxylic acids is 2. The molecule has 1 aliphatic heterocycles. The Morgan fingerprint density at radius 3 is 2.73 bits per heavy atom. The molecule has 1 fully saturated rings. The van der Waals surface area contributed by atoms with Crippen LogP contribution in [0.2, 0.25) is 5.02 Å². The van der Waals surface area contributed by atoms with Crippen molar-refractivity contribution in [2.45, 2.75) is 51.7 Å². The van der Waals surface area contributed by atoms with E-state index in [2.05, 4.69) is 5.32 Å². The van der Waals surface area contributed by atoms with Gasteiger partial charge in [0.05, 0.1) is 17.6 Å². The van der Waals surface area contributed by atoms with E-state index >= 15 is 0 Å². The highest BCUT2D eigenvalue weighted by atomic mass is 35.5. The molecule has 40 heavy (non-hydrogen) atoms. The number of amides is 1. The summed E-state index contributed by atoms with van der Waals surface area (Å²) in [6, 6.07) is 19.5. The SMILES string of the molecule is CC(=O)c1cn(CC(O)N2CCCC2C(=O)NCc2cccc(Cl)c2F)c2ccc(OCc3ccccc3)cc12. The average Bonchev–Trinajstić information content (AvgIpc) is 3.59. The normalized spacial score (nSPS) is 16.2. The van der Waals surface area contributed by atoms with Crippen molar-refractivity contribution in [3.8, 4) is 5.75 Å². The van der Waals surface area contributed by atoms with Crippen LogP contribution in [0.25, 0.3) is 10.9 Å². The van der Waals surface area contributed by atoms with Gasteiger partial charge in [-0.3, -0.25) is 14.5 Å². The Hall–Kier alpha value is -3.72. The van der Waals surface area contributed by atoms with Crippen LogP contribution in [0.4, 0.5) is 4.39 Å². The summed E-state index contributed by atoms with van der Waals surface area (Å²) in [6.07, 6.45) is 2.09. The maximum absolute atomic E-state index is 14.2. The zero-order valence-corrected chi connectivity index (χ0v) is 22.9. The number of hydrogen-bond donors (Lipinski definition) is 2. The minimum atomic E-state index is -0.967. The van der Waals surface area contributed by atoms with Gasteiger partial charge in [0.1, 0.15) is 24.4 Å². The van der Waals surface area contributed by atoms with E-state index in [0.717, 1.165) is 22.9 Å². The monoisotopic (exact) mass is 563 g/mol. The van der Waals surface area contributed by atoms with E-state index in [-0.39, 0.29) is 29.8 Å². The fraction of sp³-hybridized carbons (Fsp3) is 0.290. The molecule has 3 aromatic carbocycles. The maximum Gasteiger partial charge on any atom is 0.237 e. The van der Waals surface area contributed by atoms with Crippen LogP contribution < -0.4 is 10.1 Å². The van der Waals surface area contributed by atoms with Crippen molar-refractivity contribution in [2.75, 3.05) is 6.54 Å². The first kappa shape index (κ1) is 27.8. The van der Waals surface area contributed by atoms with Crippen molar-refractivity contribution in [3.63, 3.8) is 0 Å². The quantitative estimate of drug-likeness (QED) is 0.255. The minimum Gasteiger partial charge on any atom is -0.489 e. The summed E-state index contributed by atoms with van der Waals surface area (Å²) in [7, 11) is 0. The van der Waals surface area contributed by atoms with Gasteiger partial charge in [-0.1, -0.05) is 54.1 Å². The number of benzene rings is 3. The van der Waals surface area contributed by atoms with Gasteiger partial charge in [-0.05, 0) is 49.6 Å². The van der Waals surface area contributed by atoms with E-state index in [1.807, 2.05) is 53.1 Å². The number of aromatic nitrogens is 1. The van der Waals surface area contributed by atoms with Gasteiger partial charge in [-0.2, -0.15) is 0 Å². The van der Waals surface area contributed by atoms with Crippen LogP contribution in [0.3, 0.4) is 0 Å². The highest BCUT2D eigenvalue weighted by Gasteiger charge is 2.35.